The Morgan fingerprint density at radius 1 is 1.35 bits per heavy atom. The summed E-state index contributed by atoms with van der Waals surface area (Å²) in [5.41, 5.74) is 1.32. The summed E-state index contributed by atoms with van der Waals surface area (Å²) in [6.07, 6.45) is 0.426. The summed E-state index contributed by atoms with van der Waals surface area (Å²) in [6.45, 7) is 5.46. The number of carbonyl (C=O) groups excluding carboxylic acids is 2. The van der Waals surface area contributed by atoms with E-state index >= 15 is 0 Å². The molecule has 0 aliphatic carbocycles. The number of amides is 2. The van der Waals surface area contributed by atoms with Crippen molar-refractivity contribution in [3.8, 4) is 0 Å². The fourth-order valence-electron chi connectivity index (χ4n) is 3.90. The minimum atomic E-state index is -0.0357. The Hall–Kier alpha value is -1.99. The number of nitrogens with zero attached hydrogens (tertiary/aromatic N) is 2. The van der Waals surface area contributed by atoms with Crippen LogP contribution in [0.2, 0.25) is 0 Å². The molecule has 7 nitrogen and oxygen atoms in total. The van der Waals surface area contributed by atoms with Crippen molar-refractivity contribution in [3.05, 3.63) is 29.6 Å². The largest absolute Gasteiger partial charge is 0.383 e. The van der Waals surface area contributed by atoms with Gasteiger partial charge in [-0.2, -0.15) is 0 Å². The first-order valence-electron chi connectivity index (χ1n) is 9.14. The van der Waals surface area contributed by atoms with E-state index in [9.17, 15) is 9.59 Å². The summed E-state index contributed by atoms with van der Waals surface area (Å²) >= 11 is 0. The maximum absolute atomic E-state index is 12.8. The summed E-state index contributed by atoms with van der Waals surface area (Å²) in [7, 11) is 1.61. The molecule has 3 atom stereocenters. The van der Waals surface area contributed by atoms with Gasteiger partial charge in [-0.3, -0.25) is 9.59 Å². The molecule has 0 spiro atoms. The van der Waals surface area contributed by atoms with Crippen molar-refractivity contribution in [2.45, 2.75) is 13.3 Å². The number of likely N-dealkylation sites (tertiary alicyclic amines) is 1. The molecule has 2 fully saturated rings. The molecule has 0 radical (unpaired) electrons. The van der Waals surface area contributed by atoms with E-state index in [1.807, 2.05) is 24.0 Å². The van der Waals surface area contributed by atoms with Gasteiger partial charge < -0.3 is 19.7 Å². The number of hydrogen-bond donors (Lipinski definition) is 1. The van der Waals surface area contributed by atoms with Crippen molar-refractivity contribution >= 4 is 11.8 Å². The van der Waals surface area contributed by atoms with Crippen LogP contribution in [0.15, 0.2) is 18.2 Å². The zero-order chi connectivity index (χ0) is 18.5. The second kappa shape index (κ2) is 8.60. The normalized spacial score (nSPS) is 25.0. The first-order valence-corrected chi connectivity index (χ1v) is 9.14. The van der Waals surface area contributed by atoms with Crippen molar-refractivity contribution in [1.29, 1.82) is 0 Å². The molecular formula is C19H27N3O4. The summed E-state index contributed by atoms with van der Waals surface area (Å²) in [4.78, 5) is 31.1. The van der Waals surface area contributed by atoms with Crippen molar-refractivity contribution in [2.24, 2.45) is 17.8 Å². The first-order chi connectivity index (χ1) is 12.6. The Labute approximate surface area is 154 Å². The first kappa shape index (κ1) is 18.8. The highest BCUT2D eigenvalue weighted by Crippen LogP contribution is 2.36. The lowest BCUT2D eigenvalue weighted by atomic mass is 9.81. The van der Waals surface area contributed by atoms with Gasteiger partial charge in [0.05, 0.1) is 19.8 Å². The molecule has 142 valence electrons. The number of methoxy groups -OCH3 is 1. The molecule has 0 saturated carbocycles. The monoisotopic (exact) mass is 361 g/mol. The molecule has 2 aliphatic rings. The average molecular weight is 361 g/mol. The van der Waals surface area contributed by atoms with Gasteiger partial charge in [0.1, 0.15) is 5.69 Å². The zero-order valence-corrected chi connectivity index (χ0v) is 15.4. The Morgan fingerprint density at radius 2 is 2.19 bits per heavy atom. The number of aryl methyl sites for hydroxylation is 1. The second-order valence-corrected chi connectivity index (χ2v) is 7.14. The Morgan fingerprint density at radius 3 is 2.96 bits per heavy atom. The summed E-state index contributed by atoms with van der Waals surface area (Å²) in [5, 5.41) is 2.87. The molecule has 26 heavy (non-hydrogen) atoms. The highest BCUT2D eigenvalue weighted by molar-refractivity contribution is 5.92. The standard InChI is InChI=1S/C19H27N3O4/c1-13-4-3-5-17(21-13)19(24)22-9-15-12-26-11-14(16(15)10-22)8-18(23)20-6-7-25-2/h3-5,14-16H,6-12H2,1-2H3,(H,20,23)/t14-,15-,16+/m1/s1. The molecule has 1 aromatic rings. The van der Waals surface area contributed by atoms with Crippen LogP contribution in [0.5, 0.6) is 0 Å². The molecule has 0 bridgehead atoms. The lowest BCUT2D eigenvalue weighted by Gasteiger charge is -2.32. The van der Waals surface area contributed by atoms with E-state index in [1.54, 1.807) is 13.2 Å². The van der Waals surface area contributed by atoms with Crippen LogP contribution < -0.4 is 5.32 Å². The number of hydrogen-bond acceptors (Lipinski definition) is 5. The van der Waals surface area contributed by atoms with Gasteiger partial charge >= 0.3 is 0 Å². The van der Waals surface area contributed by atoms with Crippen molar-refractivity contribution < 1.29 is 19.1 Å². The van der Waals surface area contributed by atoms with E-state index in [-0.39, 0.29) is 23.7 Å². The maximum atomic E-state index is 12.8. The number of aromatic nitrogens is 1. The van der Waals surface area contributed by atoms with Crippen LogP contribution in [-0.4, -0.2) is 68.3 Å². The third-order valence-electron chi connectivity index (χ3n) is 5.23. The number of fused-ring (bicyclic) bond motifs is 1. The minimum absolute atomic E-state index is 0.0152. The third kappa shape index (κ3) is 4.40. The summed E-state index contributed by atoms with van der Waals surface area (Å²) in [6, 6.07) is 5.50. The molecule has 2 aliphatic heterocycles. The van der Waals surface area contributed by atoms with Crippen LogP contribution in [0.3, 0.4) is 0 Å². The Balaban J connectivity index is 1.60. The summed E-state index contributed by atoms with van der Waals surface area (Å²) in [5.74, 6) is 0.701. The van der Waals surface area contributed by atoms with E-state index in [0.29, 0.717) is 57.5 Å². The van der Waals surface area contributed by atoms with Crippen molar-refractivity contribution in [3.63, 3.8) is 0 Å². The lowest BCUT2D eigenvalue weighted by Crippen LogP contribution is -2.38. The number of rotatable bonds is 6. The van der Waals surface area contributed by atoms with E-state index in [1.165, 1.54) is 0 Å². The topological polar surface area (TPSA) is 80.8 Å². The Bertz CT molecular complexity index is 651. The predicted molar refractivity (Wildman–Crippen MR) is 95.7 cm³/mol. The fourth-order valence-corrected chi connectivity index (χ4v) is 3.90. The van der Waals surface area contributed by atoms with E-state index in [2.05, 4.69) is 10.3 Å². The number of carbonyl (C=O) groups is 2. The van der Waals surface area contributed by atoms with Crippen LogP contribution in [0.4, 0.5) is 0 Å². The van der Waals surface area contributed by atoms with Gasteiger partial charge in [-0.15, -0.1) is 0 Å². The molecule has 2 saturated heterocycles. The van der Waals surface area contributed by atoms with Gasteiger partial charge in [-0.25, -0.2) is 4.98 Å². The smallest absolute Gasteiger partial charge is 0.272 e. The van der Waals surface area contributed by atoms with Crippen LogP contribution in [0, 0.1) is 24.7 Å². The average Bonchev–Trinajstić information content (AvgIpc) is 3.06. The number of nitrogens with one attached hydrogen (secondary N) is 1. The van der Waals surface area contributed by atoms with Crippen LogP contribution in [-0.2, 0) is 14.3 Å². The molecule has 3 heterocycles. The van der Waals surface area contributed by atoms with Crippen LogP contribution in [0.25, 0.3) is 0 Å². The molecule has 1 N–H and O–H groups in total. The molecule has 0 aromatic carbocycles. The van der Waals surface area contributed by atoms with Gasteiger partial charge in [-0.05, 0) is 30.9 Å². The molecular weight excluding hydrogens is 334 g/mol. The van der Waals surface area contributed by atoms with Crippen molar-refractivity contribution in [1.82, 2.24) is 15.2 Å². The van der Waals surface area contributed by atoms with E-state index in [4.69, 9.17) is 9.47 Å². The predicted octanol–water partition coefficient (Wildman–Crippen LogP) is 0.877. The molecule has 3 rings (SSSR count). The van der Waals surface area contributed by atoms with Gasteiger partial charge in [0, 0.05) is 44.8 Å². The van der Waals surface area contributed by atoms with Gasteiger partial charge in [0.25, 0.3) is 5.91 Å². The SMILES string of the molecule is COCCNC(=O)C[C@@H]1COC[C@H]2CN(C(=O)c3cccc(C)n3)C[C@@H]12. The van der Waals surface area contributed by atoms with Gasteiger partial charge in [-0.1, -0.05) is 6.07 Å². The molecule has 2 amide bonds. The number of pyridine rings is 1. The summed E-state index contributed by atoms with van der Waals surface area (Å²) < 4.78 is 10.7. The number of ether oxygens (including phenoxy) is 2. The van der Waals surface area contributed by atoms with E-state index in [0.717, 1.165) is 5.69 Å². The highest BCUT2D eigenvalue weighted by atomic mass is 16.5. The third-order valence-corrected chi connectivity index (χ3v) is 5.23. The van der Waals surface area contributed by atoms with E-state index < -0.39 is 0 Å². The van der Waals surface area contributed by atoms with Crippen LogP contribution >= 0.6 is 0 Å². The van der Waals surface area contributed by atoms with Gasteiger partial charge in [0.15, 0.2) is 0 Å². The maximum Gasteiger partial charge on any atom is 0.272 e. The zero-order valence-electron chi connectivity index (χ0n) is 15.4. The molecule has 0 unspecified atom stereocenters. The van der Waals surface area contributed by atoms with Crippen LogP contribution in [0.1, 0.15) is 22.6 Å². The molecule has 1 aromatic heterocycles. The fraction of sp³-hybridized carbons (Fsp3) is 0.632. The quantitative estimate of drug-likeness (QED) is 0.761. The lowest BCUT2D eigenvalue weighted by molar-refractivity contribution is -0.124. The molecule has 7 heteroatoms. The highest BCUT2D eigenvalue weighted by Gasteiger charge is 2.43. The minimum Gasteiger partial charge on any atom is -0.383 e. The Kier molecular flexibility index (Phi) is 6.21. The van der Waals surface area contributed by atoms with Crippen molar-refractivity contribution in [2.75, 3.05) is 46.6 Å². The van der Waals surface area contributed by atoms with Gasteiger partial charge in [0.2, 0.25) is 5.91 Å². The second-order valence-electron chi connectivity index (χ2n) is 7.14.